The summed E-state index contributed by atoms with van der Waals surface area (Å²) in [5, 5.41) is 3.54. The van der Waals surface area contributed by atoms with Crippen LogP contribution < -0.4 is 15.8 Å². The first-order valence-electron chi connectivity index (χ1n) is 8.68. The Labute approximate surface area is 145 Å². The number of hydrogen-bond donors (Lipinski definition) is 2. The van der Waals surface area contributed by atoms with Crippen LogP contribution in [0.4, 0.5) is 5.82 Å². The van der Waals surface area contributed by atoms with E-state index in [-0.39, 0.29) is 0 Å². The zero-order valence-electron chi connectivity index (χ0n) is 15.2. The normalized spacial score (nSPS) is 11.0. The molecule has 2 aromatic rings. The van der Waals surface area contributed by atoms with Gasteiger partial charge in [-0.1, -0.05) is 26.8 Å². The van der Waals surface area contributed by atoms with E-state index in [0.29, 0.717) is 5.82 Å². The summed E-state index contributed by atoms with van der Waals surface area (Å²) >= 11 is 0. The number of nitrogen functional groups attached to an aromatic ring is 1. The van der Waals surface area contributed by atoms with Crippen molar-refractivity contribution in [2.24, 2.45) is 5.92 Å². The Morgan fingerprint density at radius 3 is 2.62 bits per heavy atom. The van der Waals surface area contributed by atoms with Gasteiger partial charge in [-0.2, -0.15) is 0 Å². The van der Waals surface area contributed by atoms with Gasteiger partial charge in [0.15, 0.2) is 0 Å². The van der Waals surface area contributed by atoms with E-state index in [1.165, 1.54) is 17.5 Å². The number of methoxy groups -OCH3 is 1. The van der Waals surface area contributed by atoms with Crippen LogP contribution in [0, 0.1) is 5.92 Å². The van der Waals surface area contributed by atoms with Crippen molar-refractivity contribution in [2.75, 3.05) is 19.4 Å². The molecule has 1 aromatic carbocycles. The van der Waals surface area contributed by atoms with Crippen LogP contribution in [0.3, 0.4) is 0 Å². The molecule has 0 aliphatic heterocycles. The highest BCUT2D eigenvalue weighted by atomic mass is 16.5. The topological polar surface area (TPSA) is 60.2 Å². The van der Waals surface area contributed by atoms with E-state index in [4.69, 9.17) is 10.5 Å². The van der Waals surface area contributed by atoms with E-state index in [0.717, 1.165) is 42.4 Å². The Bertz CT molecular complexity index is 668. The number of rotatable bonds is 8. The van der Waals surface area contributed by atoms with Gasteiger partial charge >= 0.3 is 0 Å². The van der Waals surface area contributed by atoms with E-state index >= 15 is 0 Å². The molecule has 1 aromatic heterocycles. The Hall–Kier alpha value is -2.07. The molecule has 0 aliphatic carbocycles. The largest absolute Gasteiger partial charge is 0.496 e. The van der Waals surface area contributed by atoms with Gasteiger partial charge in [0.2, 0.25) is 0 Å². The molecule has 0 atom stereocenters. The van der Waals surface area contributed by atoms with Crippen LogP contribution in [0.15, 0.2) is 30.3 Å². The molecule has 2 rings (SSSR count). The number of anilines is 1. The van der Waals surface area contributed by atoms with Crippen LogP contribution >= 0.6 is 0 Å². The monoisotopic (exact) mass is 327 g/mol. The summed E-state index contributed by atoms with van der Waals surface area (Å²) in [5.74, 6) is 2.08. The number of nitrogens with two attached hydrogens (primary N) is 1. The number of nitrogens with one attached hydrogen (secondary N) is 1. The van der Waals surface area contributed by atoms with Crippen molar-refractivity contribution in [3.05, 3.63) is 41.5 Å². The molecule has 0 saturated heterocycles. The molecule has 0 saturated carbocycles. The first-order valence-corrected chi connectivity index (χ1v) is 8.68. The van der Waals surface area contributed by atoms with Crippen molar-refractivity contribution in [2.45, 2.75) is 40.2 Å². The molecule has 0 aliphatic rings. The number of benzene rings is 1. The molecule has 0 fully saturated rings. The highest BCUT2D eigenvalue weighted by molar-refractivity contribution is 5.70. The lowest BCUT2D eigenvalue weighted by Gasteiger charge is -2.16. The predicted molar refractivity (Wildman–Crippen MR) is 101 cm³/mol. The Balaban J connectivity index is 2.28. The first kappa shape index (κ1) is 18.3. The van der Waals surface area contributed by atoms with E-state index in [1.807, 2.05) is 12.1 Å². The fourth-order valence-corrected chi connectivity index (χ4v) is 2.74. The van der Waals surface area contributed by atoms with Crippen LogP contribution in [0.2, 0.25) is 0 Å². The summed E-state index contributed by atoms with van der Waals surface area (Å²) in [7, 11) is 1.70. The van der Waals surface area contributed by atoms with E-state index < -0.39 is 0 Å². The van der Waals surface area contributed by atoms with Crippen molar-refractivity contribution in [1.82, 2.24) is 10.3 Å². The van der Waals surface area contributed by atoms with Gasteiger partial charge in [0, 0.05) is 12.1 Å². The van der Waals surface area contributed by atoms with Gasteiger partial charge in [0.1, 0.15) is 11.6 Å². The second-order valence-corrected chi connectivity index (χ2v) is 6.48. The van der Waals surface area contributed by atoms with Gasteiger partial charge in [-0.25, -0.2) is 4.98 Å². The number of hydrogen-bond acceptors (Lipinski definition) is 4. The minimum absolute atomic E-state index is 0.520. The van der Waals surface area contributed by atoms with Crippen molar-refractivity contribution in [3.63, 3.8) is 0 Å². The number of pyridine rings is 1. The van der Waals surface area contributed by atoms with Crippen molar-refractivity contribution in [3.8, 4) is 17.0 Å². The lowest BCUT2D eigenvalue weighted by molar-refractivity contribution is 0.415. The molecule has 0 unspecified atom stereocenters. The lowest BCUT2D eigenvalue weighted by Crippen LogP contribution is -2.17. The summed E-state index contributed by atoms with van der Waals surface area (Å²) in [4.78, 5) is 4.43. The van der Waals surface area contributed by atoms with Crippen LogP contribution in [0.5, 0.6) is 5.75 Å². The lowest BCUT2D eigenvalue weighted by atomic mass is 9.98. The van der Waals surface area contributed by atoms with Crippen molar-refractivity contribution >= 4 is 5.82 Å². The third-order valence-corrected chi connectivity index (χ3v) is 4.16. The number of nitrogens with zero attached hydrogens (tertiary/aromatic N) is 1. The maximum atomic E-state index is 5.83. The maximum absolute atomic E-state index is 5.83. The molecule has 0 amide bonds. The number of ether oxygens (including phenoxy) is 1. The quantitative estimate of drug-likeness (QED) is 0.719. The zero-order chi connectivity index (χ0) is 17.5. The Kier molecular flexibility index (Phi) is 6.62. The highest BCUT2D eigenvalue weighted by Gasteiger charge is 2.12. The van der Waals surface area contributed by atoms with Gasteiger partial charge < -0.3 is 15.8 Å². The molecule has 0 radical (unpaired) electrons. The molecular formula is C20H29N3O. The predicted octanol–water partition coefficient (Wildman–Crippen LogP) is 4.04. The number of aryl methyl sites for hydroxylation is 1. The molecule has 0 bridgehead atoms. The van der Waals surface area contributed by atoms with E-state index in [2.05, 4.69) is 43.2 Å². The maximum Gasteiger partial charge on any atom is 0.128 e. The van der Waals surface area contributed by atoms with Crippen molar-refractivity contribution in [1.29, 1.82) is 0 Å². The summed E-state index contributed by atoms with van der Waals surface area (Å²) in [6.07, 6.45) is 2.16. The van der Waals surface area contributed by atoms with Gasteiger partial charge in [0.25, 0.3) is 0 Å². The molecule has 4 heteroatoms. The van der Waals surface area contributed by atoms with Crippen LogP contribution in [-0.2, 0) is 13.0 Å². The molecule has 24 heavy (non-hydrogen) atoms. The van der Waals surface area contributed by atoms with E-state index in [1.54, 1.807) is 13.2 Å². The fourth-order valence-electron chi connectivity index (χ4n) is 2.74. The van der Waals surface area contributed by atoms with Gasteiger partial charge in [-0.05, 0) is 60.7 Å². The van der Waals surface area contributed by atoms with Gasteiger partial charge in [-0.15, -0.1) is 0 Å². The second-order valence-electron chi connectivity index (χ2n) is 6.48. The molecule has 130 valence electrons. The van der Waals surface area contributed by atoms with Crippen LogP contribution in [-0.4, -0.2) is 18.6 Å². The number of aromatic nitrogens is 1. The zero-order valence-corrected chi connectivity index (χ0v) is 15.2. The average Bonchev–Trinajstić information content (AvgIpc) is 2.57. The average molecular weight is 327 g/mol. The third kappa shape index (κ3) is 4.71. The summed E-state index contributed by atoms with van der Waals surface area (Å²) in [6, 6.07) is 9.99. The minimum atomic E-state index is 0.520. The van der Waals surface area contributed by atoms with Gasteiger partial charge in [0.05, 0.1) is 12.8 Å². The first-order chi connectivity index (χ1) is 11.5. The third-order valence-electron chi connectivity index (χ3n) is 4.16. The molecule has 0 spiro atoms. The molecule has 3 N–H and O–H groups in total. The summed E-state index contributed by atoms with van der Waals surface area (Å²) in [5.41, 5.74) is 10.3. The Morgan fingerprint density at radius 1 is 1.21 bits per heavy atom. The van der Waals surface area contributed by atoms with Crippen LogP contribution in [0.1, 0.15) is 38.3 Å². The molecular weight excluding hydrogens is 298 g/mol. The van der Waals surface area contributed by atoms with Crippen molar-refractivity contribution < 1.29 is 4.74 Å². The van der Waals surface area contributed by atoms with E-state index in [9.17, 15) is 0 Å². The molecule has 1 heterocycles. The van der Waals surface area contributed by atoms with Crippen LogP contribution in [0.25, 0.3) is 11.3 Å². The summed E-state index contributed by atoms with van der Waals surface area (Å²) < 4.78 is 5.62. The standard InChI is InChI=1S/C20H29N3O/c1-5-15-11-17(18-7-6-8-20(21)23-18)19(24-4)12-16(15)13-22-10-9-14(2)3/h6-8,11-12,14,22H,5,9-10,13H2,1-4H3,(H2,21,23). The summed E-state index contributed by atoms with van der Waals surface area (Å²) in [6.45, 7) is 8.56. The Morgan fingerprint density at radius 2 is 2.00 bits per heavy atom. The SMILES string of the molecule is CCc1cc(-c2cccc(N)n2)c(OC)cc1CNCCC(C)C. The van der Waals surface area contributed by atoms with Gasteiger partial charge in [-0.3, -0.25) is 0 Å². The minimum Gasteiger partial charge on any atom is -0.496 e. The molecule has 4 nitrogen and oxygen atoms in total. The fraction of sp³-hybridized carbons (Fsp3) is 0.450. The smallest absolute Gasteiger partial charge is 0.128 e. The highest BCUT2D eigenvalue weighted by Crippen LogP contribution is 2.32. The second kappa shape index (κ2) is 8.69.